The minimum absolute atomic E-state index is 0.000226. The van der Waals surface area contributed by atoms with E-state index in [1.807, 2.05) is 32.9 Å². The van der Waals surface area contributed by atoms with E-state index in [1.54, 1.807) is 28.9 Å². The van der Waals surface area contributed by atoms with Crippen LogP contribution in [0.4, 0.5) is 0 Å². The van der Waals surface area contributed by atoms with E-state index >= 15 is 0 Å². The summed E-state index contributed by atoms with van der Waals surface area (Å²) in [7, 11) is -4.02. The lowest BCUT2D eigenvalue weighted by molar-refractivity contribution is 0.267. The van der Waals surface area contributed by atoms with E-state index in [0.717, 1.165) is 17.0 Å². The third-order valence-electron chi connectivity index (χ3n) is 4.76. The molecule has 0 amide bonds. The van der Waals surface area contributed by atoms with Crippen molar-refractivity contribution in [1.82, 2.24) is 9.78 Å². The zero-order valence-electron chi connectivity index (χ0n) is 19.2. The van der Waals surface area contributed by atoms with Crippen molar-refractivity contribution >= 4 is 10.1 Å². The van der Waals surface area contributed by atoms with Crippen LogP contribution in [0, 0.1) is 29.6 Å². The lowest BCUT2D eigenvalue weighted by Gasteiger charge is -2.09. The van der Waals surface area contributed by atoms with Crippen molar-refractivity contribution < 1.29 is 22.8 Å². The van der Waals surface area contributed by atoms with Gasteiger partial charge in [-0.1, -0.05) is 31.5 Å². The number of aromatic nitrogens is 2. The van der Waals surface area contributed by atoms with Crippen LogP contribution in [0.3, 0.4) is 0 Å². The van der Waals surface area contributed by atoms with Crippen molar-refractivity contribution in [3.05, 3.63) is 70.5 Å². The second-order valence-corrected chi connectivity index (χ2v) is 8.66. The molecule has 34 heavy (non-hydrogen) atoms. The van der Waals surface area contributed by atoms with E-state index in [2.05, 4.69) is 5.10 Å². The molecular formula is C24H26N4O5S. The van der Waals surface area contributed by atoms with Crippen LogP contribution in [0.5, 0.6) is 11.5 Å². The number of nitrogens with zero attached hydrogens (tertiary/aromatic N) is 4. The van der Waals surface area contributed by atoms with Gasteiger partial charge in [-0.2, -0.15) is 24.0 Å². The molecule has 0 radical (unpaired) electrons. The fourth-order valence-corrected chi connectivity index (χ4v) is 3.60. The molecule has 0 aliphatic rings. The number of ether oxygens (including phenoxy) is 1. The highest BCUT2D eigenvalue weighted by Gasteiger charge is 2.18. The van der Waals surface area contributed by atoms with E-state index in [9.17, 15) is 8.42 Å². The summed E-state index contributed by atoms with van der Waals surface area (Å²) in [6.07, 6.45) is 1.38. The molecule has 1 aromatic heterocycles. The summed E-state index contributed by atoms with van der Waals surface area (Å²) in [4.78, 5) is -0.0666. The first-order chi connectivity index (χ1) is 16.2. The maximum Gasteiger partial charge on any atom is 0.294 e. The number of aliphatic hydroxyl groups excluding tert-OH is 1. The van der Waals surface area contributed by atoms with Gasteiger partial charge in [0.2, 0.25) is 0 Å². The third-order valence-corrected chi connectivity index (χ3v) is 5.63. The molecule has 0 bridgehead atoms. The molecule has 178 valence electrons. The van der Waals surface area contributed by atoms with Gasteiger partial charge in [-0.05, 0) is 50.1 Å². The van der Waals surface area contributed by atoms with Crippen LogP contribution in [0.15, 0.2) is 47.4 Å². The Hall–Kier alpha value is -3.70. The first-order valence-electron chi connectivity index (χ1n) is 10.5. The van der Waals surface area contributed by atoms with Gasteiger partial charge in [0, 0.05) is 0 Å². The van der Waals surface area contributed by atoms with E-state index in [4.69, 9.17) is 24.9 Å². The summed E-state index contributed by atoms with van der Waals surface area (Å²) in [5.74, 6) is 1.08. The van der Waals surface area contributed by atoms with Gasteiger partial charge in [0.1, 0.15) is 11.4 Å². The number of rotatable bonds is 7. The number of hydrogen-bond acceptors (Lipinski definition) is 7. The van der Waals surface area contributed by atoms with Gasteiger partial charge in [-0.15, -0.1) is 0 Å². The van der Waals surface area contributed by atoms with E-state index < -0.39 is 10.1 Å². The van der Waals surface area contributed by atoms with Gasteiger partial charge in [0.05, 0.1) is 47.0 Å². The Morgan fingerprint density at radius 3 is 2.06 bits per heavy atom. The maximum atomic E-state index is 10.5. The van der Waals surface area contributed by atoms with Crippen molar-refractivity contribution in [2.24, 2.45) is 0 Å². The zero-order valence-corrected chi connectivity index (χ0v) is 20.0. The molecule has 0 aliphatic carbocycles. The highest BCUT2D eigenvalue weighted by Crippen LogP contribution is 2.31. The monoisotopic (exact) mass is 482 g/mol. The quantitative estimate of drug-likeness (QED) is 0.483. The Balaban J connectivity index is 0.000000310. The molecule has 9 nitrogen and oxygen atoms in total. The molecule has 0 fully saturated rings. The first kappa shape index (κ1) is 26.6. The Labute approximate surface area is 199 Å². The normalized spacial score (nSPS) is 10.6. The molecule has 10 heteroatoms. The fourth-order valence-electron chi connectivity index (χ4n) is 3.12. The summed E-state index contributed by atoms with van der Waals surface area (Å²) in [5, 5.41) is 31.8. The summed E-state index contributed by atoms with van der Waals surface area (Å²) in [5.41, 5.74) is 3.38. The molecule has 3 aromatic rings. The van der Waals surface area contributed by atoms with Gasteiger partial charge >= 0.3 is 0 Å². The van der Waals surface area contributed by atoms with E-state index in [-0.39, 0.29) is 11.5 Å². The van der Waals surface area contributed by atoms with E-state index in [1.165, 1.54) is 18.2 Å². The smallest absolute Gasteiger partial charge is 0.294 e. The van der Waals surface area contributed by atoms with Crippen LogP contribution in [-0.4, -0.2) is 34.5 Å². The predicted molar refractivity (Wildman–Crippen MR) is 125 cm³/mol. The van der Waals surface area contributed by atoms with Crippen molar-refractivity contribution in [3.8, 4) is 23.6 Å². The van der Waals surface area contributed by atoms with Gasteiger partial charge < -0.3 is 9.84 Å². The third kappa shape index (κ3) is 6.90. The largest absolute Gasteiger partial charge is 0.453 e. The minimum Gasteiger partial charge on any atom is -0.453 e. The van der Waals surface area contributed by atoms with Crippen LogP contribution in [-0.2, 0) is 29.5 Å². The Bertz CT molecular complexity index is 1280. The summed E-state index contributed by atoms with van der Waals surface area (Å²) < 4.78 is 37.3. The van der Waals surface area contributed by atoms with Crippen LogP contribution in [0.25, 0.3) is 0 Å². The Morgan fingerprint density at radius 1 is 1.03 bits per heavy atom. The van der Waals surface area contributed by atoms with Gasteiger partial charge in [-0.3, -0.25) is 9.23 Å². The summed E-state index contributed by atoms with van der Waals surface area (Å²) >= 11 is 0. The fraction of sp³-hybridized carbons (Fsp3) is 0.292. The topological polar surface area (TPSA) is 149 Å². The van der Waals surface area contributed by atoms with Crippen molar-refractivity contribution in [2.45, 2.75) is 45.1 Å². The van der Waals surface area contributed by atoms with Gasteiger partial charge in [-0.25, -0.2) is 0 Å². The van der Waals surface area contributed by atoms with Crippen LogP contribution >= 0.6 is 0 Å². The second kappa shape index (κ2) is 12.0. The number of benzene rings is 2. The second-order valence-electron chi connectivity index (χ2n) is 7.24. The molecule has 0 aliphatic heterocycles. The summed E-state index contributed by atoms with van der Waals surface area (Å²) in [6.45, 7) is 6.21. The SMILES string of the molecule is CCc1nn(CCO)c(CC)c1Oc1cc(C#N)cc(C#N)c1.Cc1ccc(S(=O)(=O)O)cc1. The van der Waals surface area contributed by atoms with Crippen molar-refractivity contribution in [1.29, 1.82) is 10.5 Å². The maximum absolute atomic E-state index is 10.5. The molecule has 0 saturated carbocycles. The molecule has 0 spiro atoms. The van der Waals surface area contributed by atoms with Crippen LogP contribution in [0.2, 0.25) is 0 Å². The lowest BCUT2D eigenvalue weighted by Crippen LogP contribution is -2.08. The average molecular weight is 483 g/mol. The lowest BCUT2D eigenvalue weighted by atomic mass is 10.1. The van der Waals surface area contributed by atoms with Crippen LogP contribution < -0.4 is 4.74 Å². The number of aliphatic hydroxyl groups is 1. The molecule has 1 heterocycles. The molecule has 0 atom stereocenters. The van der Waals surface area contributed by atoms with Gasteiger partial charge in [0.25, 0.3) is 10.1 Å². The Morgan fingerprint density at radius 2 is 1.62 bits per heavy atom. The number of aryl methyl sites for hydroxylation is 2. The van der Waals surface area contributed by atoms with E-state index in [0.29, 0.717) is 42.0 Å². The first-order valence-corrected chi connectivity index (χ1v) is 12.0. The molecular weight excluding hydrogens is 456 g/mol. The predicted octanol–water partition coefficient (Wildman–Crippen LogP) is 3.78. The summed E-state index contributed by atoms with van der Waals surface area (Å²) in [6, 6.07) is 14.8. The number of nitriles is 2. The average Bonchev–Trinajstić information content (AvgIpc) is 3.15. The Kier molecular flexibility index (Phi) is 9.34. The van der Waals surface area contributed by atoms with Crippen molar-refractivity contribution in [2.75, 3.05) is 6.61 Å². The molecule has 2 aromatic carbocycles. The minimum atomic E-state index is -4.02. The van der Waals surface area contributed by atoms with Gasteiger partial charge in [0.15, 0.2) is 5.75 Å². The highest BCUT2D eigenvalue weighted by molar-refractivity contribution is 7.85. The molecule has 2 N–H and O–H groups in total. The zero-order chi connectivity index (χ0) is 25.3. The number of hydrogen-bond donors (Lipinski definition) is 2. The highest BCUT2D eigenvalue weighted by atomic mass is 32.2. The molecule has 0 unspecified atom stereocenters. The van der Waals surface area contributed by atoms with Crippen molar-refractivity contribution in [3.63, 3.8) is 0 Å². The molecule has 3 rings (SSSR count). The molecule has 0 saturated heterocycles. The standard InChI is InChI=1S/C17H18N4O2.C7H8O3S/c1-3-15-17(16(4-2)21(20-15)5-6-22)23-14-8-12(10-18)7-13(9-14)11-19;1-6-2-4-7(5-3-6)11(8,9)10/h7-9,22H,3-6H2,1-2H3;2-5H,1H3,(H,8,9,10). The van der Waals surface area contributed by atoms with Crippen LogP contribution in [0.1, 0.15) is 41.9 Å².